The molecule has 8 fully saturated rings. The lowest BCUT2D eigenvalue weighted by Gasteiger charge is -2.38. The van der Waals surface area contributed by atoms with Gasteiger partial charge in [0.05, 0.1) is 73.8 Å². The van der Waals surface area contributed by atoms with Crippen LogP contribution in [0.1, 0.15) is 350 Å². The summed E-state index contributed by atoms with van der Waals surface area (Å²) in [4.78, 5) is 0. The summed E-state index contributed by atoms with van der Waals surface area (Å²) in [6.07, 6.45) is 32.0. The lowest BCUT2D eigenvalue weighted by atomic mass is 9.70. The molecule has 0 aromatic rings. The van der Waals surface area contributed by atoms with Crippen LogP contribution in [0.2, 0.25) is 0 Å². The second kappa shape index (κ2) is 51.8. The molecular weight excluding hydrogens is 1200 g/mol. The molecular formula is C89H178O8. The van der Waals surface area contributed by atoms with E-state index in [0.29, 0.717) is 73.1 Å². The Hall–Kier alpha value is -0.320. The Balaban J connectivity index is 0.000000555. The van der Waals surface area contributed by atoms with Gasteiger partial charge in [-0.3, -0.25) is 0 Å². The summed E-state index contributed by atoms with van der Waals surface area (Å²) in [6, 6.07) is 0. The first-order valence-electron chi connectivity index (χ1n) is 42.3. The Kier molecular flexibility index (Phi) is 50.6. The van der Waals surface area contributed by atoms with Crippen molar-refractivity contribution in [2.45, 2.75) is 417 Å². The van der Waals surface area contributed by atoms with Crippen molar-refractivity contribution in [2.24, 2.45) is 124 Å². The number of ether oxygens (including phenoxy) is 8. The van der Waals surface area contributed by atoms with Gasteiger partial charge in [-0.1, -0.05) is 125 Å². The van der Waals surface area contributed by atoms with Crippen molar-refractivity contribution >= 4 is 0 Å². The van der Waals surface area contributed by atoms with E-state index in [1.807, 2.05) is 0 Å². The van der Waals surface area contributed by atoms with Crippen LogP contribution in [0.3, 0.4) is 0 Å². The van der Waals surface area contributed by atoms with Crippen molar-refractivity contribution in [3.05, 3.63) is 0 Å². The van der Waals surface area contributed by atoms with Crippen LogP contribution in [-0.4, -0.2) is 100 Å². The molecule has 0 N–H and O–H groups in total. The van der Waals surface area contributed by atoms with Gasteiger partial charge in [-0.05, 0) is 350 Å². The zero-order valence-corrected chi connectivity index (χ0v) is 71.4. The first-order chi connectivity index (χ1) is 45.3. The summed E-state index contributed by atoms with van der Waals surface area (Å²) in [5.74, 6) is 18.8. The molecule has 0 saturated heterocycles. The third-order valence-electron chi connectivity index (χ3n) is 22.6. The fourth-order valence-electron chi connectivity index (χ4n) is 15.2. The van der Waals surface area contributed by atoms with Crippen molar-refractivity contribution in [2.75, 3.05) is 33.0 Å². The monoisotopic (exact) mass is 1380 g/mol. The summed E-state index contributed by atoms with van der Waals surface area (Å²) in [6.45, 7) is 76.1. The molecule has 0 heterocycles. The third kappa shape index (κ3) is 47.0. The van der Waals surface area contributed by atoms with E-state index in [-0.39, 0.29) is 0 Å². The Labute approximate surface area is 609 Å². The molecule has 582 valence electrons. The molecule has 0 aliphatic heterocycles. The van der Waals surface area contributed by atoms with Gasteiger partial charge in [0.1, 0.15) is 0 Å². The smallest absolute Gasteiger partial charge is 0.0584 e. The van der Waals surface area contributed by atoms with Crippen LogP contribution < -0.4 is 0 Å². The van der Waals surface area contributed by atoms with Gasteiger partial charge in [0.25, 0.3) is 0 Å². The molecule has 0 spiro atoms. The van der Waals surface area contributed by atoms with Gasteiger partial charge in [0.15, 0.2) is 0 Å². The van der Waals surface area contributed by atoms with Crippen LogP contribution in [0.4, 0.5) is 0 Å². The van der Waals surface area contributed by atoms with Crippen LogP contribution in [0, 0.1) is 124 Å². The van der Waals surface area contributed by atoms with E-state index in [0.717, 1.165) is 151 Å². The minimum Gasteiger partial charge on any atom is -0.379 e. The van der Waals surface area contributed by atoms with E-state index in [9.17, 15) is 0 Å². The molecule has 0 bridgehead atoms. The second-order valence-electron chi connectivity index (χ2n) is 37.9. The molecule has 0 amide bonds. The Morgan fingerprint density at radius 3 is 1.03 bits per heavy atom. The maximum atomic E-state index is 5.82. The highest BCUT2D eigenvalue weighted by molar-refractivity contribution is 4.89. The predicted octanol–water partition coefficient (Wildman–Crippen LogP) is 25.6. The van der Waals surface area contributed by atoms with Crippen molar-refractivity contribution in [1.29, 1.82) is 0 Å². The Morgan fingerprint density at radius 2 is 0.629 bits per heavy atom. The summed E-state index contributed by atoms with van der Waals surface area (Å²) in [5, 5.41) is 0. The van der Waals surface area contributed by atoms with Crippen LogP contribution >= 0.6 is 0 Å². The molecule has 8 atom stereocenters. The number of rotatable bonds is 31. The van der Waals surface area contributed by atoms with Gasteiger partial charge < -0.3 is 37.9 Å². The summed E-state index contributed by atoms with van der Waals surface area (Å²) in [5.41, 5.74) is 0. The maximum Gasteiger partial charge on any atom is 0.0584 e. The number of hydrogen-bond acceptors (Lipinski definition) is 8. The van der Waals surface area contributed by atoms with Gasteiger partial charge in [-0.15, -0.1) is 0 Å². The molecule has 0 radical (unpaired) electrons. The van der Waals surface area contributed by atoms with Crippen molar-refractivity contribution < 1.29 is 37.9 Å². The predicted molar refractivity (Wildman–Crippen MR) is 422 cm³/mol. The molecule has 8 aliphatic rings. The molecule has 97 heavy (non-hydrogen) atoms. The topological polar surface area (TPSA) is 73.8 Å². The Morgan fingerprint density at radius 1 is 0.258 bits per heavy atom. The van der Waals surface area contributed by atoms with E-state index in [1.165, 1.54) is 128 Å². The normalized spacial score (nSPS) is 29.6. The quantitative estimate of drug-likeness (QED) is 0.0680. The average Bonchev–Trinajstić information content (AvgIpc) is 1.78. The molecule has 8 nitrogen and oxygen atoms in total. The fraction of sp³-hybridized carbons (Fsp3) is 1.00. The molecule has 8 unspecified atom stereocenters. The van der Waals surface area contributed by atoms with Crippen LogP contribution in [0.5, 0.6) is 0 Å². The lowest BCUT2D eigenvalue weighted by Crippen LogP contribution is -2.35. The first kappa shape index (κ1) is 94.7. The highest BCUT2D eigenvalue weighted by Gasteiger charge is 2.39. The van der Waals surface area contributed by atoms with E-state index >= 15 is 0 Å². The zero-order valence-electron chi connectivity index (χ0n) is 71.4. The molecule has 0 aromatic carbocycles. The largest absolute Gasteiger partial charge is 0.379 e. The first-order valence-corrected chi connectivity index (χ1v) is 42.3. The molecule has 8 saturated carbocycles. The molecule has 8 heteroatoms. The second-order valence-corrected chi connectivity index (χ2v) is 37.9. The summed E-state index contributed by atoms with van der Waals surface area (Å²) >= 11 is 0. The summed E-state index contributed by atoms with van der Waals surface area (Å²) in [7, 11) is 0. The zero-order chi connectivity index (χ0) is 73.8. The highest BCUT2D eigenvalue weighted by Crippen LogP contribution is 2.47. The third-order valence-corrected chi connectivity index (χ3v) is 22.6. The Bertz CT molecular complexity index is 1730. The maximum absolute atomic E-state index is 5.82. The van der Waals surface area contributed by atoms with Crippen LogP contribution in [-0.2, 0) is 37.9 Å². The van der Waals surface area contributed by atoms with Crippen molar-refractivity contribution in [3.63, 3.8) is 0 Å². The molecule has 0 aromatic heterocycles. The minimum atomic E-state index is 0.401. The van der Waals surface area contributed by atoms with Gasteiger partial charge >= 0.3 is 0 Å². The van der Waals surface area contributed by atoms with E-state index in [1.54, 1.807) is 0 Å². The van der Waals surface area contributed by atoms with Gasteiger partial charge in [-0.25, -0.2) is 0 Å². The SMILES string of the molecule is CC(C)CC1CC1COC(C)C.CC(C)COC1CC(C(C)C)C1.CC(C)OC1CC(C(C)C)C1.CC(C)OC1CCC(C(C)C)C1.CC(C)OC1CCC(C(C)C)CC1.CC(C)OCC1CC(C(C)C)C1.CC(C)OCC1CCC(C(C)C)C1.CC(C)OCCC1CC1C(C)C. The molecule has 8 aliphatic carbocycles. The van der Waals surface area contributed by atoms with E-state index < -0.39 is 0 Å². The van der Waals surface area contributed by atoms with Crippen LogP contribution in [0.25, 0.3) is 0 Å². The lowest BCUT2D eigenvalue weighted by molar-refractivity contribution is -0.0718. The van der Waals surface area contributed by atoms with Gasteiger partial charge in [-0.2, -0.15) is 0 Å². The molecule has 8 rings (SSSR count). The van der Waals surface area contributed by atoms with Gasteiger partial charge in [0, 0.05) is 26.4 Å². The fourth-order valence-corrected chi connectivity index (χ4v) is 15.2. The van der Waals surface area contributed by atoms with Crippen molar-refractivity contribution in [3.8, 4) is 0 Å². The van der Waals surface area contributed by atoms with Gasteiger partial charge in [0.2, 0.25) is 0 Å². The van der Waals surface area contributed by atoms with Crippen molar-refractivity contribution in [1.82, 2.24) is 0 Å². The highest BCUT2D eigenvalue weighted by atomic mass is 16.5. The summed E-state index contributed by atoms with van der Waals surface area (Å²) < 4.78 is 45.3. The van der Waals surface area contributed by atoms with E-state index in [2.05, 4.69) is 222 Å². The van der Waals surface area contributed by atoms with E-state index in [4.69, 9.17) is 37.9 Å². The number of hydrogen-bond donors (Lipinski definition) is 0. The van der Waals surface area contributed by atoms with Crippen LogP contribution in [0.15, 0.2) is 0 Å². The standard InChI is InChI=1S/2C12H24O.5C11H22O.C10H20O/c1-9(2)11-5-7-12(8-6-11)13-10(3)4;1-9(2)12-6-5-11(7-12)8-13-10(3)4;1-8(2)11-5-10(6-11)7-12-9(3)4;1-8(2)7-12-11-5-10(6-11)9(3)4;1-8(2)5-10-6-11(10)7-12-9(3)4;1-8(2)11-7-10(11)5-6-12-9(3)4;1-8(2)10-5-6-11(7-10)12-9(3)4;1-7(2)9-5-10(6-9)11-8(3)4/h2*9-12H,5-8H2,1-4H3;5*8-11H,5-7H2,1-4H3;7-10H,5-6H2,1-4H3. The minimum absolute atomic E-state index is 0.401. The average molecular weight is 1380 g/mol.